The summed E-state index contributed by atoms with van der Waals surface area (Å²) in [5.74, 6) is -0.400. The average Bonchev–Trinajstić information content (AvgIpc) is 3.13. The third kappa shape index (κ3) is 2.99. The maximum Gasteiger partial charge on any atom is 0.241 e. The Bertz CT molecular complexity index is 579. The molecule has 0 spiro atoms. The molecule has 0 bridgehead atoms. The van der Waals surface area contributed by atoms with Gasteiger partial charge < -0.3 is 20.5 Å². The van der Waals surface area contributed by atoms with Gasteiger partial charge in [0.05, 0.1) is 12.1 Å². The Hall–Kier alpha value is -1.50. The van der Waals surface area contributed by atoms with Gasteiger partial charge in [-0.2, -0.15) is 0 Å². The number of amides is 1. The molecule has 3 atom stereocenters. The second kappa shape index (κ2) is 6.32. The van der Waals surface area contributed by atoms with Crippen molar-refractivity contribution in [1.29, 1.82) is 0 Å². The van der Waals surface area contributed by atoms with Crippen LogP contribution in [0.5, 0.6) is 0 Å². The molecule has 22 heavy (non-hydrogen) atoms. The topological polar surface area (TPSA) is 70.6 Å². The molecule has 1 fully saturated rings. The first kappa shape index (κ1) is 15.4. The number of nitrogens with one attached hydrogen (secondary N) is 2. The van der Waals surface area contributed by atoms with Crippen LogP contribution in [0.1, 0.15) is 17.5 Å². The van der Waals surface area contributed by atoms with Crippen molar-refractivity contribution in [3.63, 3.8) is 0 Å². The van der Waals surface area contributed by atoms with Crippen LogP contribution in [-0.2, 0) is 22.4 Å². The highest BCUT2D eigenvalue weighted by atomic mass is 19.1. The Morgan fingerprint density at radius 2 is 2.32 bits per heavy atom. The summed E-state index contributed by atoms with van der Waals surface area (Å²) in [6.07, 6.45) is 1.87. The van der Waals surface area contributed by atoms with Crippen molar-refractivity contribution < 1.29 is 19.0 Å². The van der Waals surface area contributed by atoms with Crippen molar-refractivity contribution in [2.24, 2.45) is 5.92 Å². The van der Waals surface area contributed by atoms with Crippen molar-refractivity contribution in [3.05, 3.63) is 29.1 Å². The summed E-state index contributed by atoms with van der Waals surface area (Å²) >= 11 is 0. The van der Waals surface area contributed by atoms with Crippen LogP contribution in [0.15, 0.2) is 12.1 Å². The molecule has 1 saturated heterocycles. The fraction of sp³-hybridized carbons (Fsp3) is 0.562. The number of benzene rings is 1. The third-order valence-corrected chi connectivity index (χ3v) is 4.56. The zero-order chi connectivity index (χ0) is 15.7. The molecule has 120 valence electrons. The molecule has 3 rings (SSSR count). The fourth-order valence-corrected chi connectivity index (χ4v) is 3.29. The third-order valence-electron chi connectivity index (χ3n) is 4.56. The predicted octanol–water partition coefficient (Wildman–Crippen LogP) is 0.848. The molecular formula is C16H21FN2O3. The molecular weight excluding hydrogens is 287 g/mol. The van der Waals surface area contributed by atoms with E-state index in [4.69, 9.17) is 4.74 Å². The van der Waals surface area contributed by atoms with Crippen LogP contribution in [0, 0.1) is 11.7 Å². The van der Waals surface area contributed by atoms with Crippen LogP contribution in [0.2, 0.25) is 0 Å². The van der Waals surface area contributed by atoms with E-state index in [0.29, 0.717) is 37.1 Å². The first-order chi connectivity index (χ1) is 10.6. The van der Waals surface area contributed by atoms with Crippen molar-refractivity contribution in [3.8, 4) is 0 Å². The van der Waals surface area contributed by atoms with E-state index in [2.05, 4.69) is 10.6 Å². The summed E-state index contributed by atoms with van der Waals surface area (Å²) in [5, 5.41) is 15.1. The number of ether oxygens (including phenoxy) is 1. The van der Waals surface area contributed by atoms with Crippen LogP contribution in [0.3, 0.4) is 0 Å². The number of methoxy groups -OCH3 is 1. The second-order valence-corrected chi connectivity index (χ2v) is 6.10. The van der Waals surface area contributed by atoms with E-state index in [1.54, 1.807) is 7.11 Å². The molecule has 0 radical (unpaired) electrons. The quantitative estimate of drug-likeness (QED) is 0.771. The van der Waals surface area contributed by atoms with Gasteiger partial charge in [-0.1, -0.05) is 0 Å². The standard InChI is InChI=1S/C16H21FN2O3/c1-22-12-6-15(18-7-12)16(21)19-11-4-10-2-9(8-20)3-13(10)14(17)5-11/h4-5,9,12,15,18,20H,2-3,6-8H2,1H3,(H,19,21). The van der Waals surface area contributed by atoms with Crippen molar-refractivity contribution >= 4 is 11.6 Å². The minimum atomic E-state index is -0.313. The molecule has 0 saturated carbocycles. The highest BCUT2D eigenvalue weighted by Crippen LogP contribution is 2.31. The Morgan fingerprint density at radius 3 is 3.00 bits per heavy atom. The van der Waals surface area contributed by atoms with Crippen LogP contribution in [-0.4, -0.2) is 43.4 Å². The summed E-state index contributed by atoms with van der Waals surface area (Å²) in [6, 6.07) is 2.86. The number of fused-ring (bicyclic) bond motifs is 1. The van der Waals surface area contributed by atoms with E-state index in [0.717, 1.165) is 5.56 Å². The largest absolute Gasteiger partial charge is 0.396 e. The molecule has 1 aromatic rings. The average molecular weight is 308 g/mol. The van der Waals surface area contributed by atoms with Crippen molar-refractivity contribution in [1.82, 2.24) is 5.32 Å². The molecule has 1 aliphatic carbocycles. The smallest absolute Gasteiger partial charge is 0.241 e. The lowest BCUT2D eigenvalue weighted by Gasteiger charge is -2.13. The summed E-state index contributed by atoms with van der Waals surface area (Å²) < 4.78 is 19.4. The molecule has 3 unspecified atom stereocenters. The normalized spacial score (nSPS) is 27.0. The van der Waals surface area contributed by atoms with E-state index in [-0.39, 0.29) is 36.4 Å². The zero-order valence-corrected chi connectivity index (χ0v) is 12.6. The number of halogens is 1. The van der Waals surface area contributed by atoms with E-state index in [1.807, 2.05) is 6.07 Å². The number of rotatable bonds is 4. The molecule has 1 heterocycles. The zero-order valence-electron chi connectivity index (χ0n) is 12.6. The molecule has 2 aliphatic rings. The number of hydrogen-bond donors (Lipinski definition) is 3. The molecule has 3 N–H and O–H groups in total. The van der Waals surface area contributed by atoms with Gasteiger partial charge in [-0.05, 0) is 48.4 Å². The van der Waals surface area contributed by atoms with Crippen molar-refractivity contribution in [2.75, 3.05) is 25.6 Å². The number of aliphatic hydroxyl groups is 1. The maximum atomic E-state index is 14.1. The first-order valence-electron chi connectivity index (χ1n) is 7.60. The second-order valence-electron chi connectivity index (χ2n) is 6.10. The molecule has 0 aromatic heterocycles. The lowest BCUT2D eigenvalue weighted by Crippen LogP contribution is -2.35. The highest BCUT2D eigenvalue weighted by Gasteiger charge is 2.30. The van der Waals surface area contributed by atoms with Gasteiger partial charge in [-0.15, -0.1) is 0 Å². The van der Waals surface area contributed by atoms with E-state index >= 15 is 0 Å². The van der Waals surface area contributed by atoms with Crippen LogP contribution in [0.4, 0.5) is 10.1 Å². The monoisotopic (exact) mass is 308 g/mol. The van der Waals surface area contributed by atoms with Gasteiger partial charge in [0.25, 0.3) is 0 Å². The molecule has 6 heteroatoms. The minimum absolute atomic E-state index is 0.0396. The highest BCUT2D eigenvalue weighted by molar-refractivity contribution is 5.95. The van der Waals surface area contributed by atoms with Gasteiger partial charge in [0.2, 0.25) is 5.91 Å². The van der Waals surface area contributed by atoms with E-state index < -0.39 is 0 Å². The Balaban J connectivity index is 1.69. The van der Waals surface area contributed by atoms with Crippen LogP contribution in [0.25, 0.3) is 0 Å². The van der Waals surface area contributed by atoms with Gasteiger partial charge in [0.1, 0.15) is 5.82 Å². The molecule has 1 aromatic carbocycles. The summed E-state index contributed by atoms with van der Waals surface area (Å²) in [4.78, 5) is 12.2. The number of carbonyl (C=O) groups is 1. The number of hydrogen-bond acceptors (Lipinski definition) is 4. The van der Waals surface area contributed by atoms with Gasteiger partial charge in [-0.25, -0.2) is 4.39 Å². The van der Waals surface area contributed by atoms with E-state index in [1.165, 1.54) is 6.07 Å². The van der Waals surface area contributed by atoms with Crippen molar-refractivity contribution in [2.45, 2.75) is 31.4 Å². The Kier molecular flexibility index (Phi) is 4.42. The lowest BCUT2D eigenvalue weighted by molar-refractivity contribution is -0.118. The first-order valence-corrected chi connectivity index (χ1v) is 7.60. The summed E-state index contributed by atoms with van der Waals surface area (Å²) in [7, 11) is 1.63. The van der Waals surface area contributed by atoms with Gasteiger partial charge in [0, 0.05) is 25.9 Å². The number of anilines is 1. The van der Waals surface area contributed by atoms with Gasteiger partial charge in [0.15, 0.2) is 0 Å². The maximum absolute atomic E-state index is 14.1. The van der Waals surface area contributed by atoms with Gasteiger partial charge in [-0.3, -0.25) is 4.79 Å². The Morgan fingerprint density at radius 1 is 1.50 bits per heavy atom. The molecule has 1 aliphatic heterocycles. The predicted molar refractivity (Wildman–Crippen MR) is 80.2 cm³/mol. The minimum Gasteiger partial charge on any atom is -0.396 e. The number of carbonyl (C=O) groups excluding carboxylic acids is 1. The summed E-state index contributed by atoms with van der Waals surface area (Å²) in [6.45, 7) is 0.700. The SMILES string of the molecule is COC1CNC(C(=O)Nc2cc(F)c3c(c2)CC(CO)C3)C1. The van der Waals surface area contributed by atoms with Crippen LogP contribution < -0.4 is 10.6 Å². The lowest BCUT2D eigenvalue weighted by atomic mass is 10.1. The fourth-order valence-electron chi connectivity index (χ4n) is 3.29. The molecule has 5 nitrogen and oxygen atoms in total. The van der Waals surface area contributed by atoms with Gasteiger partial charge >= 0.3 is 0 Å². The Labute approximate surface area is 128 Å². The van der Waals surface area contributed by atoms with Crippen LogP contribution >= 0.6 is 0 Å². The van der Waals surface area contributed by atoms with E-state index in [9.17, 15) is 14.3 Å². The number of aliphatic hydroxyl groups excluding tert-OH is 1. The summed E-state index contributed by atoms with van der Waals surface area (Å²) in [5.41, 5.74) is 2.02. The molecule has 1 amide bonds.